The van der Waals surface area contributed by atoms with Crippen molar-refractivity contribution in [3.05, 3.63) is 29.3 Å². The minimum absolute atomic E-state index is 0.380. The van der Waals surface area contributed by atoms with Gasteiger partial charge in [-0.2, -0.15) is 0 Å². The standard InChI is InChI=1S/C13H18N2O/c16-12-2-3-13-10(6-12)7-14-8-11(13)9-15-4-1-5-15/h2-3,6,11,14,16H,1,4-5,7-9H2. The molecule has 2 heterocycles. The van der Waals surface area contributed by atoms with E-state index in [0.717, 1.165) is 19.6 Å². The molecule has 1 atom stereocenters. The van der Waals surface area contributed by atoms with Crippen LogP contribution in [0.15, 0.2) is 18.2 Å². The summed E-state index contributed by atoms with van der Waals surface area (Å²) < 4.78 is 0. The van der Waals surface area contributed by atoms with E-state index in [1.165, 1.54) is 30.6 Å². The van der Waals surface area contributed by atoms with E-state index in [-0.39, 0.29) is 0 Å². The van der Waals surface area contributed by atoms with Crippen LogP contribution in [0.1, 0.15) is 23.5 Å². The number of hydrogen-bond donors (Lipinski definition) is 2. The Labute approximate surface area is 96.1 Å². The first kappa shape index (κ1) is 10.1. The zero-order chi connectivity index (χ0) is 11.0. The van der Waals surface area contributed by atoms with Crippen LogP contribution < -0.4 is 5.32 Å². The van der Waals surface area contributed by atoms with Crippen molar-refractivity contribution in [3.63, 3.8) is 0 Å². The van der Waals surface area contributed by atoms with E-state index in [0.29, 0.717) is 11.7 Å². The van der Waals surface area contributed by atoms with Gasteiger partial charge in [0.2, 0.25) is 0 Å². The number of phenolic OH excluding ortho intramolecular Hbond substituents is 1. The molecule has 0 aliphatic carbocycles. The zero-order valence-corrected chi connectivity index (χ0v) is 9.45. The topological polar surface area (TPSA) is 35.5 Å². The van der Waals surface area contributed by atoms with E-state index >= 15 is 0 Å². The molecule has 2 aliphatic rings. The number of hydrogen-bond acceptors (Lipinski definition) is 3. The third-order valence-corrected chi connectivity index (χ3v) is 3.70. The fourth-order valence-electron chi connectivity index (χ4n) is 2.67. The van der Waals surface area contributed by atoms with Gasteiger partial charge in [-0.3, -0.25) is 0 Å². The number of nitrogens with one attached hydrogen (secondary N) is 1. The fraction of sp³-hybridized carbons (Fsp3) is 0.538. The van der Waals surface area contributed by atoms with Crippen molar-refractivity contribution in [2.75, 3.05) is 26.2 Å². The third-order valence-electron chi connectivity index (χ3n) is 3.70. The zero-order valence-electron chi connectivity index (χ0n) is 9.45. The van der Waals surface area contributed by atoms with Crippen molar-refractivity contribution in [2.45, 2.75) is 18.9 Å². The fourth-order valence-corrected chi connectivity index (χ4v) is 2.67. The molecule has 1 saturated heterocycles. The number of aromatic hydroxyl groups is 1. The first-order valence-corrected chi connectivity index (χ1v) is 6.08. The molecule has 0 aromatic heterocycles. The molecule has 1 aromatic rings. The lowest BCUT2D eigenvalue weighted by molar-refractivity contribution is 0.167. The molecule has 1 aromatic carbocycles. The van der Waals surface area contributed by atoms with Crippen LogP contribution in [0, 0.1) is 0 Å². The van der Waals surface area contributed by atoms with E-state index in [2.05, 4.69) is 16.3 Å². The van der Waals surface area contributed by atoms with Crippen LogP contribution in [0.25, 0.3) is 0 Å². The highest BCUT2D eigenvalue weighted by atomic mass is 16.3. The van der Waals surface area contributed by atoms with E-state index in [1.807, 2.05) is 12.1 Å². The summed E-state index contributed by atoms with van der Waals surface area (Å²) >= 11 is 0. The Morgan fingerprint density at radius 2 is 2.25 bits per heavy atom. The van der Waals surface area contributed by atoms with Gasteiger partial charge in [0.1, 0.15) is 5.75 Å². The van der Waals surface area contributed by atoms with Gasteiger partial charge in [-0.1, -0.05) is 6.07 Å². The molecule has 0 bridgehead atoms. The van der Waals surface area contributed by atoms with Crippen LogP contribution in [0.2, 0.25) is 0 Å². The molecule has 3 nitrogen and oxygen atoms in total. The summed E-state index contributed by atoms with van der Waals surface area (Å²) in [5.41, 5.74) is 2.68. The van der Waals surface area contributed by atoms with Gasteiger partial charge >= 0.3 is 0 Å². The molecule has 3 rings (SSSR count). The average Bonchev–Trinajstić information content (AvgIpc) is 2.23. The molecular weight excluding hydrogens is 200 g/mol. The van der Waals surface area contributed by atoms with Gasteiger partial charge in [0.15, 0.2) is 0 Å². The van der Waals surface area contributed by atoms with Crippen molar-refractivity contribution in [2.24, 2.45) is 0 Å². The lowest BCUT2D eigenvalue weighted by Crippen LogP contribution is -2.43. The van der Waals surface area contributed by atoms with Gasteiger partial charge < -0.3 is 15.3 Å². The van der Waals surface area contributed by atoms with Crippen molar-refractivity contribution in [1.29, 1.82) is 0 Å². The second-order valence-electron chi connectivity index (χ2n) is 4.87. The Bertz CT molecular complexity index is 388. The molecule has 0 spiro atoms. The lowest BCUT2D eigenvalue weighted by Gasteiger charge is -2.36. The van der Waals surface area contributed by atoms with E-state index in [4.69, 9.17) is 0 Å². The molecule has 1 unspecified atom stereocenters. The van der Waals surface area contributed by atoms with Crippen LogP contribution in [-0.2, 0) is 6.54 Å². The monoisotopic (exact) mass is 218 g/mol. The normalized spacial score (nSPS) is 24.9. The lowest BCUT2D eigenvalue weighted by atomic mass is 9.89. The molecule has 1 fully saturated rings. The highest BCUT2D eigenvalue weighted by molar-refractivity contribution is 5.38. The number of fused-ring (bicyclic) bond motifs is 1. The second-order valence-corrected chi connectivity index (χ2v) is 4.87. The maximum Gasteiger partial charge on any atom is 0.115 e. The molecule has 3 heteroatoms. The molecule has 0 saturated carbocycles. The molecule has 0 amide bonds. The predicted molar refractivity (Wildman–Crippen MR) is 63.6 cm³/mol. The van der Waals surface area contributed by atoms with Crippen molar-refractivity contribution >= 4 is 0 Å². The number of phenols is 1. The van der Waals surface area contributed by atoms with Crippen LogP contribution in [0.5, 0.6) is 5.75 Å². The highest BCUT2D eigenvalue weighted by Crippen LogP contribution is 2.28. The smallest absolute Gasteiger partial charge is 0.115 e. The number of rotatable bonds is 2. The van der Waals surface area contributed by atoms with E-state index in [1.54, 1.807) is 0 Å². The first-order valence-electron chi connectivity index (χ1n) is 6.08. The Morgan fingerprint density at radius 3 is 3.00 bits per heavy atom. The largest absolute Gasteiger partial charge is 0.508 e. The Morgan fingerprint density at radius 1 is 1.38 bits per heavy atom. The number of likely N-dealkylation sites (tertiary alicyclic amines) is 1. The van der Waals surface area contributed by atoms with E-state index < -0.39 is 0 Å². The van der Waals surface area contributed by atoms with E-state index in [9.17, 15) is 5.11 Å². The summed E-state index contributed by atoms with van der Waals surface area (Å²) in [6, 6.07) is 5.80. The minimum Gasteiger partial charge on any atom is -0.508 e. The molecule has 16 heavy (non-hydrogen) atoms. The van der Waals surface area contributed by atoms with Gasteiger partial charge in [0.25, 0.3) is 0 Å². The van der Waals surface area contributed by atoms with Crippen molar-refractivity contribution < 1.29 is 5.11 Å². The number of nitrogens with zero attached hydrogens (tertiary/aromatic N) is 1. The van der Waals surface area contributed by atoms with Gasteiger partial charge in [-0.15, -0.1) is 0 Å². The van der Waals surface area contributed by atoms with Crippen molar-refractivity contribution in [3.8, 4) is 5.75 Å². The highest BCUT2D eigenvalue weighted by Gasteiger charge is 2.24. The van der Waals surface area contributed by atoms with Crippen molar-refractivity contribution in [1.82, 2.24) is 10.2 Å². The SMILES string of the molecule is Oc1ccc2c(c1)CNCC2CN1CCC1. The predicted octanol–water partition coefficient (Wildman–Crippen LogP) is 1.28. The second kappa shape index (κ2) is 4.07. The summed E-state index contributed by atoms with van der Waals surface area (Å²) in [4.78, 5) is 2.51. The Balaban J connectivity index is 1.81. The summed E-state index contributed by atoms with van der Waals surface area (Å²) in [5, 5.41) is 12.9. The summed E-state index contributed by atoms with van der Waals surface area (Å²) in [6.07, 6.45) is 1.35. The minimum atomic E-state index is 0.380. The van der Waals surface area contributed by atoms with Gasteiger partial charge in [-0.05, 0) is 42.8 Å². The molecule has 0 radical (unpaired) electrons. The van der Waals surface area contributed by atoms with Crippen LogP contribution in [-0.4, -0.2) is 36.2 Å². The average molecular weight is 218 g/mol. The maximum atomic E-state index is 9.48. The van der Waals surface area contributed by atoms with Gasteiger partial charge in [0.05, 0.1) is 0 Å². The van der Waals surface area contributed by atoms with Crippen LogP contribution in [0.4, 0.5) is 0 Å². The molecule has 2 aliphatic heterocycles. The van der Waals surface area contributed by atoms with Gasteiger partial charge in [0, 0.05) is 25.6 Å². The third kappa shape index (κ3) is 1.81. The summed E-state index contributed by atoms with van der Waals surface area (Å²) in [5.74, 6) is 0.967. The Hall–Kier alpha value is -1.06. The first-order chi connectivity index (χ1) is 7.83. The van der Waals surface area contributed by atoms with Gasteiger partial charge in [-0.25, -0.2) is 0 Å². The maximum absolute atomic E-state index is 9.48. The summed E-state index contributed by atoms with van der Waals surface area (Å²) in [7, 11) is 0. The summed E-state index contributed by atoms with van der Waals surface area (Å²) in [6.45, 7) is 5.62. The quantitative estimate of drug-likeness (QED) is 0.785. The molecule has 2 N–H and O–H groups in total. The Kier molecular flexibility index (Phi) is 2.58. The number of benzene rings is 1. The molecular formula is C13H18N2O. The van der Waals surface area contributed by atoms with Crippen LogP contribution >= 0.6 is 0 Å². The van der Waals surface area contributed by atoms with Crippen LogP contribution in [0.3, 0.4) is 0 Å². The molecule has 86 valence electrons.